The highest BCUT2D eigenvalue weighted by molar-refractivity contribution is 5.26. The molecule has 2 nitrogen and oxygen atoms in total. The van der Waals surface area contributed by atoms with E-state index in [-0.39, 0.29) is 6.04 Å². The van der Waals surface area contributed by atoms with Crippen molar-refractivity contribution in [3.63, 3.8) is 0 Å². The molecule has 0 radical (unpaired) electrons. The molecule has 84 valence electrons. The van der Waals surface area contributed by atoms with Crippen molar-refractivity contribution in [2.24, 2.45) is 0 Å². The minimum absolute atomic E-state index is 0.327. The normalized spacial score (nSPS) is 13.9. The fourth-order valence-electron chi connectivity index (χ4n) is 1.31. The average molecular weight is 219 g/mol. The Kier molecular flexibility index (Phi) is 3.71. The summed E-state index contributed by atoms with van der Waals surface area (Å²) in [7, 11) is 0. The summed E-state index contributed by atoms with van der Waals surface area (Å²) in [5.74, 6) is 0. The molecule has 0 heterocycles. The molecule has 0 aliphatic carbocycles. The summed E-state index contributed by atoms with van der Waals surface area (Å²) in [4.78, 5) is 0. The molecular formula is C10H12F3NO. The first kappa shape index (κ1) is 12.0. The van der Waals surface area contributed by atoms with Gasteiger partial charge in [0.2, 0.25) is 0 Å². The van der Waals surface area contributed by atoms with Crippen LogP contribution in [0.15, 0.2) is 24.3 Å². The van der Waals surface area contributed by atoms with Gasteiger partial charge in [0.1, 0.15) is 0 Å². The van der Waals surface area contributed by atoms with Crippen molar-refractivity contribution in [2.75, 3.05) is 0 Å². The number of rotatable bonds is 3. The van der Waals surface area contributed by atoms with Crippen LogP contribution in [-0.4, -0.2) is 5.21 Å². The Morgan fingerprint density at radius 3 is 2.13 bits per heavy atom. The molecule has 0 amide bonds. The zero-order valence-electron chi connectivity index (χ0n) is 8.17. The third kappa shape index (κ3) is 2.94. The first-order valence-corrected chi connectivity index (χ1v) is 4.55. The minimum atomic E-state index is -4.31. The molecule has 0 aliphatic rings. The molecular weight excluding hydrogens is 207 g/mol. The maximum absolute atomic E-state index is 12.2. The van der Waals surface area contributed by atoms with Gasteiger partial charge in [0.25, 0.3) is 0 Å². The molecule has 0 fully saturated rings. The van der Waals surface area contributed by atoms with Gasteiger partial charge < -0.3 is 5.21 Å². The van der Waals surface area contributed by atoms with Crippen LogP contribution in [0, 0.1) is 0 Å². The van der Waals surface area contributed by atoms with E-state index in [1.165, 1.54) is 12.1 Å². The predicted molar refractivity (Wildman–Crippen MR) is 49.4 cm³/mol. The number of hydrogen-bond acceptors (Lipinski definition) is 2. The molecule has 0 bridgehead atoms. The molecule has 0 saturated heterocycles. The SMILES string of the molecule is CCC(NO)c1ccc(C(F)(F)F)cc1. The maximum Gasteiger partial charge on any atom is 0.416 e. The van der Waals surface area contributed by atoms with Crippen molar-refractivity contribution in [2.45, 2.75) is 25.6 Å². The average Bonchev–Trinajstić information content (AvgIpc) is 2.19. The molecule has 1 rings (SSSR count). The minimum Gasteiger partial charge on any atom is -0.316 e. The van der Waals surface area contributed by atoms with Crippen molar-refractivity contribution in [1.29, 1.82) is 0 Å². The Hall–Kier alpha value is -1.07. The summed E-state index contributed by atoms with van der Waals surface area (Å²) in [5.41, 5.74) is 2.00. The molecule has 2 N–H and O–H groups in total. The third-order valence-corrected chi connectivity index (χ3v) is 2.20. The van der Waals surface area contributed by atoms with Crippen molar-refractivity contribution in [1.82, 2.24) is 5.48 Å². The van der Waals surface area contributed by atoms with Gasteiger partial charge in [-0.2, -0.15) is 18.7 Å². The van der Waals surface area contributed by atoms with Gasteiger partial charge >= 0.3 is 6.18 Å². The van der Waals surface area contributed by atoms with Gasteiger partial charge in [-0.05, 0) is 24.1 Å². The zero-order chi connectivity index (χ0) is 11.5. The fraction of sp³-hybridized carbons (Fsp3) is 0.400. The third-order valence-electron chi connectivity index (χ3n) is 2.20. The number of hydrogen-bond donors (Lipinski definition) is 2. The van der Waals surface area contributed by atoms with Crippen LogP contribution in [-0.2, 0) is 6.18 Å². The van der Waals surface area contributed by atoms with E-state index in [1.807, 2.05) is 12.4 Å². The smallest absolute Gasteiger partial charge is 0.316 e. The van der Waals surface area contributed by atoms with Crippen LogP contribution in [0.5, 0.6) is 0 Å². The summed E-state index contributed by atoms with van der Waals surface area (Å²) in [6, 6.07) is 4.41. The Labute approximate surface area is 85.7 Å². The maximum atomic E-state index is 12.2. The molecule has 1 aromatic carbocycles. The van der Waals surface area contributed by atoms with Crippen LogP contribution >= 0.6 is 0 Å². The standard InChI is InChI=1S/C10H12F3NO/c1-2-9(14-15)7-3-5-8(6-4-7)10(11,12)13/h3-6,9,14-15H,2H2,1H3. The van der Waals surface area contributed by atoms with Gasteiger partial charge in [0.15, 0.2) is 0 Å². The first-order valence-electron chi connectivity index (χ1n) is 4.55. The lowest BCUT2D eigenvalue weighted by Crippen LogP contribution is -2.16. The lowest BCUT2D eigenvalue weighted by Gasteiger charge is -2.14. The fourth-order valence-corrected chi connectivity index (χ4v) is 1.31. The first-order chi connectivity index (χ1) is 6.99. The predicted octanol–water partition coefficient (Wildman–Crippen LogP) is 3.14. The van der Waals surface area contributed by atoms with E-state index in [4.69, 9.17) is 5.21 Å². The number of nitrogens with one attached hydrogen (secondary N) is 1. The second kappa shape index (κ2) is 4.63. The Morgan fingerprint density at radius 2 is 1.80 bits per heavy atom. The van der Waals surface area contributed by atoms with Crippen LogP contribution in [0.25, 0.3) is 0 Å². The molecule has 1 aromatic rings. The highest BCUT2D eigenvalue weighted by Gasteiger charge is 2.30. The van der Waals surface area contributed by atoms with Gasteiger partial charge in [-0.1, -0.05) is 19.1 Å². The van der Waals surface area contributed by atoms with Crippen LogP contribution in [0.2, 0.25) is 0 Å². The summed E-state index contributed by atoms with van der Waals surface area (Å²) in [6.07, 6.45) is -3.71. The van der Waals surface area contributed by atoms with E-state index < -0.39 is 11.7 Å². The van der Waals surface area contributed by atoms with Crippen molar-refractivity contribution in [3.8, 4) is 0 Å². The highest BCUT2D eigenvalue weighted by Crippen LogP contribution is 2.30. The number of benzene rings is 1. The van der Waals surface area contributed by atoms with Crippen LogP contribution in [0.4, 0.5) is 13.2 Å². The summed E-state index contributed by atoms with van der Waals surface area (Å²) < 4.78 is 36.7. The quantitative estimate of drug-likeness (QED) is 0.765. The Balaban J connectivity index is 2.89. The lowest BCUT2D eigenvalue weighted by atomic mass is 10.0. The monoisotopic (exact) mass is 219 g/mol. The number of hydroxylamine groups is 1. The van der Waals surface area contributed by atoms with E-state index in [0.717, 1.165) is 12.1 Å². The Bertz CT molecular complexity index is 303. The Morgan fingerprint density at radius 1 is 1.27 bits per heavy atom. The summed E-state index contributed by atoms with van der Waals surface area (Å²) in [5, 5.41) is 8.74. The van der Waals surface area contributed by atoms with Gasteiger partial charge in [-0.15, -0.1) is 0 Å². The van der Waals surface area contributed by atoms with Gasteiger partial charge in [0, 0.05) is 0 Å². The molecule has 5 heteroatoms. The van der Waals surface area contributed by atoms with E-state index in [1.54, 1.807) is 0 Å². The van der Waals surface area contributed by atoms with Crippen molar-refractivity contribution in [3.05, 3.63) is 35.4 Å². The molecule has 15 heavy (non-hydrogen) atoms. The molecule has 0 saturated carbocycles. The van der Waals surface area contributed by atoms with Crippen molar-refractivity contribution < 1.29 is 18.4 Å². The highest BCUT2D eigenvalue weighted by atomic mass is 19.4. The zero-order valence-corrected chi connectivity index (χ0v) is 8.17. The van der Waals surface area contributed by atoms with Crippen LogP contribution in [0.1, 0.15) is 30.5 Å². The van der Waals surface area contributed by atoms with E-state index in [9.17, 15) is 13.2 Å². The second-order valence-corrected chi connectivity index (χ2v) is 3.21. The molecule has 0 aromatic heterocycles. The van der Waals surface area contributed by atoms with E-state index in [0.29, 0.717) is 12.0 Å². The van der Waals surface area contributed by atoms with E-state index >= 15 is 0 Å². The second-order valence-electron chi connectivity index (χ2n) is 3.21. The van der Waals surface area contributed by atoms with Crippen LogP contribution in [0.3, 0.4) is 0 Å². The summed E-state index contributed by atoms with van der Waals surface area (Å²) >= 11 is 0. The summed E-state index contributed by atoms with van der Waals surface area (Å²) in [6.45, 7) is 1.82. The molecule has 1 unspecified atom stereocenters. The van der Waals surface area contributed by atoms with Crippen molar-refractivity contribution >= 4 is 0 Å². The number of alkyl halides is 3. The van der Waals surface area contributed by atoms with Crippen LogP contribution < -0.4 is 5.48 Å². The number of halogens is 3. The van der Waals surface area contributed by atoms with Gasteiger partial charge in [-0.3, -0.25) is 0 Å². The topological polar surface area (TPSA) is 32.3 Å². The largest absolute Gasteiger partial charge is 0.416 e. The molecule has 0 aliphatic heterocycles. The lowest BCUT2D eigenvalue weighted by molar-refractivity contribution is -0.137. The van der Waals surface area contributed by atoms with Gasteiger partial charge in [-0.25, -0.2) is 0 Å². The molecule has 1 atom stereocenters. The van der Waals surface area contributed by atoms with Gasteiger partial charge in [0.05, 0.1) is 11.6 Å². The molecule has 0 spiro atoms. The van der Waals surface area contributed by atoms with E-state index in [2.05, 4.69) is 0 Å².